The molecule has 0 bridgehead atoms. The Morgan fingerprint density at radius 3 is 3.04 bits per heavy atom. The van der Waals surface area contributed by atoms with Gasteiger partial charge in [0.1, 0.15) is 0 Å². The summed E-state index contributed by atoms with van der Waals surface area (Å²) in [4.78, 5) is 28.6. The van der Waals surface area contributed by atoms with E-state index < -0.39 is 0 Å². The molecule has 2 atom stereocenters. The summed E-state index contributed by atoms with van der Waals surface area (Å²) in [5.41, 5.74) is 1.19. The van der Waals surface area contributed by atoms with Gasteiger partial charge in [0.05, 0.1) is 6.33 Å². The van der Waals surface area contributed by atoms with Crippen LogP contribution in [0.15, 0.2) is 43.0 Å². The quantitative estimate of drug-likeness (QED) is 0.735. The van der Waals surface area contributed by atoms with Gasteiger partial charge in [0.2, 0.25) is 5.91 Å². The largest absolute Gasteiger partial charge is 0.349 e. The first-order valence-electron chi connectivity index (χ1n) is 8.99. The number of carbonyl (C=O) groups excluding carboxylic acids is 2. The van der Waals surface area contributed by atoms with E-state index in [1.807, 2.05) is 10.8 Å². The number of carbonyl (C=O) groups is 2. The fraction of sp³-hybridized carbons (Fsp3) is 0.421. The number of amides is 2. The highest BCUT2D eigenvalue weighted by molar-refractivity contribution is 5.97. The van der Waals surface area contributed by atoms with Crippen molar-refractivity contribution in [3.63, 3.8) is 0 Å². The van der Waals surface area contributed by atoms with E-state index in [9.17, 15) is 9.59 Å². The number of nitrogens with zero attached hydrogens (tertiary/aromatic N) is 2. The van der Waals surface area contributed by atoms with Crippen molar-refractivity contribution in [2.24, 2.45) is 5.92 Å². The summed E-state index contributed by atoms with van der Waals surface area (Å²) < 4.78 is 1.85. The summed E-state index contributed by atoms with van der Waals surface area (Å²) in [5, 5.41) is 9.28. The zero-order valence-corrected chi connectivity index (χ0v) is 14.9. The van der Waals surface area contributed by atoms with Crippen molar-refractivity contribution in [1.29, 1.82) is 0 Å². The molecule has 0 aliphatic carbocycles. The molecule has 0 spiro atoms. The van der Waals surface area contributed by atoms with Gasteiger partial charge in [0, 0.05) is 42.7 Å². The average Bonchev–Trinajstić information content (AvgIpc) is 3.16. The van der Waals surface area contributed by atoms with Crippen LogP contribution in [0.1, 0.15) is 30.1 Å². The molecule has 1 aromatic heterocycles. The van der Waals surface area contributed by atoms with Gasteiger partial charge in [-0.1, -0.05) is 13.0 Å². The van der Waals surface area contributed by atoms with Crippen LogP contribution in [-0.4, -0.2) is 40.5 Å². The lowest BCUT2D eigenvalue weighted by Gasteiger charge is -2.30. The first-order valence-corrected chi connectivity index (χ1v) is 8.99. The number of anilines is 1. The molecular formula is C19H25N5O2. The molecule has 0 saturated carbocycles. The summed E-state index contributed by atoms with van der Waals surface area (Å²) in [6.07, 6.45) is 6.46. The summed E-state index contributed by atoms with van der Waals surface area (Å²) in [6.45, 7) is 4.54. The number of hydrogen-bond acceptors (Lipinski definition) is 4. The van der Waals surface area contributed by atoms with Gasteiger partial charge in [-0.25, -0.2) is 4.98 Å². The predicted molar refractivity (Wildman–Crippen MR) is 99.8 cm³/mol. The van der Waals surface area contributed by atoms with Gasteiger partial charge in [0.25, 0.3) is 5.91 Å². The number of benzene rings is 1. The monoisotopic (exact) mass is 355 g/mol. The molecule has 1 aromatic carbocycles. The van der Waals surface area contributed by atoms with E-state index in [1.54, 1.807) is 36.8 Å². The maximum Gasteiger partial charge on any atom is 0.251 e. The Kier molecular flexibility index (Phi) is 6.01. The molecule has 2 amide bonds. The highest BCUT2D eigenvalue weighted by Crippen LogP contribution is 2.14. The fourth-order valence-corrected chi connectivity index (χ4v) is 3.09. The molecule has 3 rings (SSSR count). The maximum absolute atomic E-state index is 12.5. The minimum absolute atomic E-state index is 0.0942. The van der Waals surface area contributed by atoms with Crippen molar-refractivity contribution in [3.8, 4) is 0 Å². The number of nitrogens with one attached hydrogen (secondary N) is 3. The second-order valence-electron chi connectivity index (χ2n) is 6.73. The van der Waals surface area contributed by atoms with Crippen LogP contribution in [-0.2, 0) is 11.3 Å². The third-order valence-electron chi connectivity index (χ3n) is 4.67. The lowest BCUT2D eigenvalue weighted by atomic mass is 9.95. The number of aromatic nitrogens is 2. The second kappa shape index (κ2) is 8.62. The van der Waals surface area contributed by atoms with Crippen LogP contribution in [0.2, 0.25) is 0 Å². The van der Waals surface area contributed by atoms with E-state index in [2.05, 4.69) is 27.9 Å². The lowest BCUT2D eigenvalue weighted by molar-refractivity contribution is -0.116. The van der Waals surface area contributed by atoms with Crippen molar-refractivity contribution in [2.45, 2.75) is 32.4 Å². The third kappa shape index (κ3) is 4.92. The van der Waals surface area contributed by atoms with Gasteiger partial charge < -0.3 is 20.5 Å². The van der Waals surface area contributed by atoms with E-state index in [-0.39, 0.29) is 17.9 Å². The molecule has 26 heavy (non-hydrogen) atoms. The third-order valence-corrected chi connectivity index (χ3v) is 4.67. The topological polar surface area (TPSA) is 88.0 Å². The molecule has 138 valence electrons. The average molecular weight is 355 g/mol. The Morgan fingerprint density at radius 2 is 2.27 bits per heavy atom. The summed E-state index contributed by atoms with van der Waals surface area (Å²) in [7, 11) is 0. The fourth-order valence-electron chi connectivity index (χ4n) is 3.09. The Morgan fingerprint density at radius 1 is 1.38 bits per heavy atom. The normalized spacial score (nSPS) is 19.7. The summed E-state index contributed by atoms with van der Waals surface area (Å²) in [5.74, 6) is 0.209. The molecule has 2 heterocycles. The van der Waals surface area contributed by atoms with Gasteiger partial charge in [-0.2, -0.15) is 0 Å². The minimum Gasteiger partial charge on any atom is -0.349 e. The Bertz CT molecular complexity index is 744. The van der Waals surface area contributed by atoms with Crippen LogP contribution in [0, 0.1) is 5.92 Å². The van der Waals surface area contributed by atoms with E-state index in [0.29, 0.717) is 30.1 Å². The number of hydrogen-bond donors (Lipinski definition) is 3. The van der Waals surface area contributed by atoms with Crippen LogP contribution >= 0.6 is 0 Å². The first kappa shape index (κ1) is 18.1. The molecule has 7 nitrogen and oxygen atoms in total. The van der Waals surface area contributed by atoms with E-state index in [4.69, 9.17) is 0 Å². The van der Waals surface area contributed by atoms with Crippen molar-refractivity contribution in [3.05, 3.63) is 48.5 Å². The maximum atomic E-state index is 12.5. The van der Waals surface area contributed by atoms with E-state index in [0.717, 1.165) is 19.5 Å². The molecule has 2 unspecified atom stereocenters. The zero-order chi connectivity index (χ0) is 18.4. The van der Waals surface area contributed by atoms with Gasteiger partial charge >= 0.3 is 0 Å². The summed E-state index contributed by atoms with van der Waals surface area (Å²) in [6, 6.07) is 7.24. The predicted octanol–water partition coefficient (Wildman–Crippen LogP) is 1.64. The molecule has 3 N–H and O–H groups in total. The molecule has 1 aliphatic heterocycles. The van der Waals surface area contributed by atoms with Gasteiger partial charge in [-0.3, -0.25) is 9.59 Å². The first-order chi connectivity index (χ1) is 12.6. The summed E-state index contributed by atoms with van der Waals surface area (Å²) >= 11 is 0. The molecule has 0 radical (unpaired) electrons. The lowest BCUT2D eigenvalue weighted by Crippen LogP contribution is -2.48. The van der Waals surface area contributed by atoms with Crippen LogP contribution in [0.5, 0.6) is 0 Å². The molecular weight excluding hydrogens is 330 g/mol. The van der Waals surface area contributed by atoms with Gasteiger partial charge in [-0.05, 0) is 43.6 Å². The molecule has 1 saturated heterocycles. The zero-order valence-electron chi connectivity index (χ0n) is 14.9. The van der Waals surface area contributed by atoms with Crippen LogP contribution in [0.4, 0.5) is 5.69 Å². The van der Waals surface area contributed by atoms with Crippen molar-refractivity contribution < 1.29 is 9.59 Å². The minimum atomic E-state index is -0.0988. The number of imidazole rings is 1. The van der Waals surface area contributed by atoms with Gasteiger partial charge in [0.15, 0.2) is 0 Å². The number of piperidine rings is 1. The van der Waals surface area contributed by atoms with Gasteiger partial charge in [-0.15, -0.1) is 0 Å². The number of rotatable bonds is 6. The smallest absolute Gasteiger partial charge is 0.251 e. The second-order valence-corrected chi connectivity index (χ2v) is 6.73. The van der Waals surface area contributed by atoms with E-state index >= 15 is 0 Å². The molecule has 7 heteroatoms. The van der Waals surface area contributed by atoms with Crippen molar-refractivity contribution in [2.75, 3.05) is 18.4 Å². The van der Waals surface area contributed by atoms with E-state index in [1.165, 1.54) is 0 Å². The molecule has 2 aromatic rings. The highest BCUT2D eigenvalue weighted by atomic mass is 16.2. The van der Waals surface area contributed by atoms with Crippen molar-refractivity contribution >= 4 is 17.5 Å². The highest BCUT2D eigenvalue weighted by Gasteiger charge is 2.23. The standard InChI is InChI=1S/C19H25N5O2/c1-14-12-20-7-5-17(14)23-19(26)15-3-2-4-16(11-15)22-18(25)6-9-24-10-8-21-13-24/h2-4,8,10-11,13-14,17,20H,5-7,9,12H2,1H3,(H,22,25)(H,23,26). The van der Waals surface area contributed by atoms with Crippen LogP contribution in [0.3, 0.4) is 0 Å². The SMILES string of the molecule is CC1CNCCC1NC(=O)c1cccc(NC(=O)CCn2ccnc2)c1. The Labute approximate surface area is 153 Å². The Hall–Kier alpha value is -2.67. The molecule has 1 aliphatic rings. The molecule has 1 fully saturated rings. The number of aryl methyl sites for hydroxylation is 1. The van der Waals surface area contributed by atoms with Crippen LogP contribution < -0.4 is 16.0 Å². The Balaban J connectivity index is 1.55. The van der Waals surface area contributed by atoms with Crippen LogP contribution in [0.25, 0.3) is 0 Å². The van der Waals surface area contributed by atoms with Crippen molar-refractivity contribution in [1.82, 2.24) is 20.2 Å².